The van der Waals surface area contributed by atoms with Gasteiger partial charge in [-0.15, -0.1) is 0 Å². The molecule has 0 saturated heterocycles. The zero-order valence-corrected chi connectivity index (χ0v) is 12.1. The Labute approximate surface area is 135 Å². The summed E-state index contributed by atoms with van der Waals surface area (Å²) in [5, 5.41) is 20.3. The van der Waals surface area contributed by atoms with Gasteiger partial charge in [-0.3, -0.25) is 29.8 Å². The fourth-order valence-corrected chi connectivity index (χ4v) is 1.55. The molecule has 2 aromatic heterocycles. The van der Waals surface area contributed by atoms with Crippen LogP contribution >= 0.6 is 0 Å². The predicted molar refractivity (Wildman–Crippen MR) is 77.0 cm³/mol. The molecule has 0 spiro atoms. The molecule has 25 heavy (non-hydrogen) atoms. The Morgan fingerprint density at radius 2 is 1.60 bits per heavy atom. The Morgan fingerprint density at radius 1 is 1.04 bits per heavy atom. The van der Waals surface area contributed by atoms with Gasteiger partial charge in [-0.25, -0.2) is 13.2 Å². The third-order valence-corrected chi connectivity index (χ3v) is 2.60. The third kappa shape index (κ3) is 5.26. The molecule has 2 rings (SSSR count). The second kappa shape index (κ2) is 8.37. The normalized spacial score (nSPS) is 9.88. The van der Waals surface area contributed by atoms with Crippen LogP contribution in [0, 0.1) is 31.9 Å². The molecule has 2 heterocycles. The van der Waals surface area contributed by atoms with Gasteiger partial charge in [0, 0.05) is 12.4 Å². The lowest BCUT2D eigenvalue weighted by Crippen LogP contribution is -2.23. The molecule has 2 aromatic rings. The van der Waals surface area contributed by atoms with Crippen LogP contribution in [0.1, 0.15) is 0 Å². The lowest BCUT2D eigenvalue weighted by Gasteiger charge is -2.01. The molecule has 0 bridgehead atoms. The number of aromatic amines is 1. The molecule has 0 fully saturated rings. The monoisotopic (exact) mass is 362 g/mol. The molecule has 0 atom stereocenters. The summed E-state index contributed by atoms with van der Waals surface area (Å²) in [5.41, 5.74) is -3.59. The number of nitrogens with one attached hydrogen (secondary N) is 1. The van der Waals surface area contributed by atoms with Gasteiger partial charge < -0.3 is 9.55 Å². The molecule has 0 unspecified atom stereocenters. The van der Waals surface area contributed by atoms with Crippen molar-refractivity contribution in [3.63, 3.8) is 0 Å². The van der Waals surface area contributed by atoms with E-state index in [4.69, 9.17) is 0 Å². The highest BCUT2D eigenvalue weighted by Gasteiger charge is 2.16. The van der Waals surface area contributed by atoms with Gasteiger partial charge in [0.2, 0.25) is 0 Å². The van der Waals surface area contributed by atoms with Crippen LogP contribution in [0.15, 0.2) is 34.1 Å². The molecular formula is C12H9F3N4O6. The zero-order valence-electron chi connectivity index (χ0n) is 12.1. The van der Waals surface area contributed by atoms with Gasteiger partial charge in [0.15, 0.2) is 0 Å². The molecule has 0 aliphatic carbocycles. The lowest BCUT2D eigenvalue weighted by atomic mass is 10.4. The highest BCUT2D eigenvalue weighted by Crippen LogP contribution is 2.06. The number of nitro groups is 2. The van der Waals surface area contributed by atoms with Crippen molar-refractivity contribution in [1.82, 2.24) is 9.55 Å². The summed E-state index contributed by atoms with van der Waals surface area (Å²) >= 11 is 0. The topological polar surface area (TPSA) is 141 Å². The smallest absolute Gasteiger partial charge is 0.320 e. The molecule has 0 aromatic carbocycles. The van der Waals surface area contributed by atoms with Crippen LogP contribution < -0.4 is 11.1 Å². The van der Waals surface area contributed by atoms with Crippen LogP contribution in [-0.2, 0) is 6.54 Å². The van der Waals surface area contributed by atoms with E-state index in [1.165, 1.54) is 0 Å². The molecule has 0 radical (unpaired) electrons. The van der Waals surface area contributed by atoms with Gasteiger partial charge in [0.25, 0.3) is 0 Å². The van der Waals surface area contributed by atoms with Crippen molar-refractivity contribution < 1.29 is 23.0 Å². The highest BCUT2D eigenvalue weighted by molar-refractivity contribution is 5.26. The molecule has 10 nitrogen and oxygen atoms in total. The van der Waals surface area contributed by atoms with E-state index in [-0.39, 0.29) is 0 Å². The summed E-state index contributed by atoms with van der Waals surface area (Å²) in [7, 11) is 0. The van der Waals surface area contributed by atoms with Gasteiger partial charge in [0.1, 0.15) is 18.3 Å². The van der Waals surface area contributed by atoms with Gasteiger partial charge in [0.05, 0.1) is 28.5 Å². The number of alkyl halides is 1. The molecule has 1 N–H and O–H groups in total. The van der Waals surface area contributed by atoms with E-state index in [1.54, 1.807) is 0 Å². The molecule has 0 aliphatic heterocycles. The SMILES string of the molecule is O=c1[nH]cc(F)cc1[N+](=O)[O-].O=c1c([N+](=O)[O-])cc(F)cn1CCF. The van der Waals surface area contributed by atoms with E-state index in [1.807, 2.05) is 4.98 Å². The van der Waals surface area contributed by atoms with Crippen LogP contribution in [-0.4, -0.2) is 26.1 Å². The van der Waals surface area contributed by atoms with Crippen molar-refractivity contribution in [2.75, 3.05) is 6.67 Å². The van der Waals surface area contributed by atoms with Crippen LogP contribution in [0.25, 0.3) is 0 Å². The minimum Gasteiger partial charge on any atom is -0.320 e. The standard InChI is InChI=1S/C7H6F2N2O3.C5H3FN2O3/c8-1-2-10-4-5(9)3-6(7(10)12)11(13)14;6-3-1-4(8(10)11)5(9)7-2-3/h3-4H,1-2H2;1-2H,(H,7,9). The van der Waals surface area contributed by atoms with Crippen molar-refractivity contribution in [3.8, 4) is 0 Å². The predicted octanol–water partition coefficient (Wildman–Crippen LogP) is 1.29. The lowest BCUT2D eigenvalue weighted by molar-refractivity contribution is -0.386. The van der Waals surface area contributed by atoms with Crippen LogP contribution in [0.3, 0.4) is 0 Å². The number of rotatable bonds is 4. The summed E-state index contributed by atoms with van der Waals surface area (Å²) in [6.45, 7) is -1.28. The van der Waals surface area contributed by atoms with Crippen LogP contribution in [0.5, 0.6) is 0 Å². The van der Waals surface area contributed by atoms with E-state index in [0.717, 1.165) is 12.4 Å². The van der Waals surface area contributed by atoms with Gasteiger partial charge in [-0.1, -0.05) is 0 Å². The van der Waals surface area contributed by atoms with E-state index in [9.17, 15) is 43.0 Å². The van der Waals surface area contributed by atoms with Crippen molar-refractivity contribution in [3.05, 3.63) is 77.1 Å². The molecule has 0 saturated carbocycles. The Kier molecular flexibility index (Phi) is 6.54. The number of pyridine rings is 2. The first-order valence-corrected chi connectivity index (χ1v) is 6.30. The van der Waals surface area contributed by atoms with Gasteiger partial charge in [-0.2, -0.15) is 0 Å². The maximum atomic E-state index is 12.7. The van der Waals surface area contributed by atoms with E-state index in [0.29, 0.717) is 16.7 Å². The summed E-state index contributed by atoms with van der Waals surface area (Å²) in [6, 6.07) is 1.08. The van der Waals surface area contributed by atoms with E-state index in [2.05, 4.69) is 0 Å². The Bertz CT molecular complexity index is 910. The number of aromatic nitrogens is 2. The summed E-state index contributed by atoms with van der Waals surface area (Å²) in [4.78, 5) is 41.9. The maximum Gasteiger partial charge on any atom is 0.337 e. The number of H-pyrrole nitrogens is 1. The molecule has 134 valence electrons. The quantitative estimate of drug-likeness (QED) is 0.641. The van der Waals surface area contributed by atoms with Gasteiger partial charge in [-0.05, 0) is 0 Å². The first-order valence-electron chi connectivity index (χ1n) is 6.30. The Morgan fingerprint density at radius 3 is 2.08 bits per heavy atom. The summed E-state index contributed by atoms with van der Waals surface area (Å²) in [5.74, 6) is -1.78. The first kappa shape index (κ1) is 19.5. The van der Waals surface area contributed by atoms with Gasteiger partial charge >= 0.3 is 22.5 Å². The Hall–Kier alpha value is -3.51. The van der Waals surface area contributed by atoms with Crippen molar-refractivity contribution in [2.24, 2.45) is 0 Å². The van der Waals surface area contributed by atoms with E-state index >= 15 is 0 Å². The fourth-order valence-electron chi connectivity index (χ4n) is 1.55. The number of aryl methyl sites for hydroxylation is 1. The number of hydrogen-bond acceptors (Lipinski definition) is 6. The molecular weight excluding hydrogens is 353 g/mol. The first-order chi connectivity index (χ1) is 11.7. The molecule has 0 aliphatic rings. The summed E-state index contributed by atoms with van der Waals surface area (Å²) in [6.07, 6.45) is 1.49. The van der Waals surface area contributed by atoms with Crippen LogP contribution in [0.4, 0.5) is 24.5 Å². The number of halogens is 3. The van der Waals surface area contributed by atoms with Crippen LogP contribution in [0.2, 0.25) is 0 Å². The largest absolute Gasteiger partial charge is 0.337 e. The average molecular weight is 362 g/mol. The minimum atomic E-state index is -1.01. The second-order valence-electron chi connectivity index (χ2n) is 4.28. The van der Waals surface area contributed by atoms with Crippen molar-refractivity contribution in [2.45, 2.75) is 6.54 Å². The van der Waals surface area contributed by atoms with Crippen molar-refractivity contribution in [1.29, 1.82) is 0 Å². The van der Waals surface area contributed by atoms with Crippen molar-refractivity contribution >= 4 is 11.4 Å². The second-order valence-corrected chi connectivity index (χ2v) is 4.28. The fraction of sp³-hybridized carbons (Fsp3) is 0.167. The number of nitrogens with zero attached hydrogens (tertiary/aromatic N) is 3. The average Bonchev–Trinajstić information content (AvgIpc) is 2.53. The molecule has 13 heteroatoms. The third-order valence-electron chi connectivity index (χ3n) is 2.60. The molecule has 0 amide bonds. The maximum absolute atomic E-state index is 12.7. The number of hydrogen-bond donors (Lipinski definition) is 1. The zero-order chi connectivity index (χ0) is 19.1. The minimum absolute atomic E-state index is 0.391. The Balaban J connectivity index is 0.000000257. The summed E-state index contributed by atoms with van der Waals surface area (Å²) < 4.78 is 37.4. The van der Waals surface area contributed by atoms with E-state index < -0.39 is 57.2 Å². The highest BCUT2D eigenvalue weighted by atomic mass is 19.1.